The molecule has 0 saturated carbocycles. The number of amides is 1. The van der Waals surface area contributed by atoms with E-state index in [1.165, 1.54) is 23.2 Å². The third kappa shape index (κ3) is 2.37. The Hall–Kier alpha value is -1.66. The third-order valence-electron chi connectivity index (χ3n) is 3.00. The van der Waals surface area contributed by atoms with Gasteiger partial charge in [0.25, 0.3) is 5.91 Å². The molecule has 6 nitrogen and oxygen atoms in total. The predicted molar refractivity (Wildman–Crippen MR) is 61.8 cm³/mol. The van der Waals surface area contributed by atoms with Gasteiger partial charge in [0.15, 0.2) is 0 Å². The van der Waals surface area contributed by atoms with Crippen LogP contribution in [0.2, 0.25) is 0 Å². The Morgan fingerprint density at radius 2 is 2.24 bits per heavy atom. The van der Waals surface area contributed by atoms with E-state index in [1.807, 2.05) is 0 Å². The van der Waals surface area contributed by atoms with E-state index in [2.05, 4.69) is 10.3 Å². The van der Waals surface area contributed by atoms with E-state index in [1.54, 1.807) is 7.05 Å². The number of aliphatic hydroxyl groups is 1. The number of carbonyl (C=O) groups is 1. The molecule has 0 spiro atoms. The number of H-pyrrole nitrogens is 1. The van der Waals surface area contributed by atoms with E-state index in [9.17, 15) is 14.7 Å². The summed E-state index contributed by atoms with van der Waals surface area (Å²) in [6.07, 6.45) is 0.836. The van der Waals surface area contributed by atoms with Crippen molar-refractivity contribution in [2.75, 3.05) is 20.1 Å². The lowest BCUT2D eigenvalue weighted by molar-refractivity contribution is 0.0581. The molecule has 1 amide bonds. The third-order valence-corrected chi connectivity index (χ3v) is 3.00. The van der Waals surface area contributed by atoms with Crippen molar-refractivity contribution in [1.82, 2.24) is 15.2 Å². The summed E-state index contributed by atoms with van der Waals surface area (Å²) in [4.78, 5) is 26.9. The van der Waals surface area contributed by atoms with Crippen LogP contribution < -0.4 is 10.9 Å². The predicted octanol–water partition coefficient (Wildman–Crippen LogP) is -1.22. The second-order valence-electron chi connectivity index (χ2n) is 4.15. The zero-order valence-corrected chi connectivity index (χ0v) is 9.51. The summed E-state index contributed by atoms with van der Waals surface area (Å²) in [5, 5.41) is 12.7. The molecular weight excluding hydrogens is 222 g/mol. The molecule has 0 bridgehead atoms. The summed E-state index contributed by atoms with van der Waals surface area (Å²) in [6.45, 7) is 1.07. The van der Waals surface area contributed by atoms with Gasteiger partial charge in [0.1, 0.15) is 0 Å². The molecule has 1 aromatic heterocycles. The van der Waals surface area contributed by atoms with E-state index >= 15 is 0 Å². The van der Waals surface area contributed by atoms with E-state index in [0.717, 1.165) is 0 Å². The van der Waals surface area contributed by atoms with E-state index in [4.69, 9.17) is 0 Å². The van der Waals surface area contributed by atoms with Gasteiger partial charge in [-0.3, -0.25) is 9.59 Å². The molecule has 6 heteroatoms. The number of aliphatic hydroxyl groups excluding tert-OH is 1. The highest BCUT2D eigenvalue weighted by atomic mass is 16.3. The van der Waals surface area contributed by atoms with Gasteiger partial charge in [0, 0.05) is 32.4 Å². The minimum absolute atomic E-state index is 0.214. The molecule has 0 unspecified atom stereocenters. The molecule has 3 N–H and O–H groups in total. The Morgan fingerprint density at radius 3 is 2.76 bits per heavy atom. The van der Waals surface area contributed by atoms with Crippen LogP contribution in [0.4, 0.5) is 0 Å². The summed E-state index contributed by atoms with van der Waals surface area (Å²) in [6, 6.07) is 2.56. The normalized spacial score (nSPS) is 23.6. The molecule has 17 heavy (non-hydrogen) atoms. The lowest BCUT2D eigenvalue weighted by Gasteiger charge is -2.26. The highest BCUT2D eigenvalue weighted by Crippen LogP contribution is 2.10. The highest BCUT2D eigenvalue weighted by Gasteiger charge is 2.31. The molecule has 2 heterocycles. The summed E-state index contributed by atoms with van der Waals surface area (Å²) >= 11 is 0. The summed E-state index contributed by atoms with van der Waals surface area (Å²) in [5.74, 6) is -0.214. The summed E-state index contributed by atoms with van der Waals surface area (Å²) < 4.78 is 0. The first kappa shape index (κ1) is 11.8. The van der Waals surface area contributed by atoms with Gasteiger partial charge in [-0.25, -0.2) is 0 Å². The fraction of sp³-hybridized carbons (Fsp3) is 0.455. The first-order valence-corrected chi connectivity index (χ1v) is 5.44. The molecule has 0 radical (unpaired) electrons. The van der Waals surface area contributed by atoms with Gasteiger partial charge < -0.3 is 20.3 Å². The molecule has 2 atom stereocenters. The zero-order valence-electron chi connectivity index (χ0n) is 9.51. The molecule has 0 aliphatic carbocycles. The number of hydrogen-bond donors (Lipinski definition) is 3. The standard InChI is InChI=1S/C11H15N3O3/c1-14(8-5-12-6-9(8)15)11(17)7-2-3-10(16)13-4-7/h2-4,8-9,12,15H,5-6H2,1H3,(H,13,16)/t8-,9-/m0/s1. The maximum atomic E-state index is 12.1. The van der Waals surface area contributed by atoms with Crippen LogP contribution in [-0.4, -0.2) is 53.2 Å². The van der Waals surface area contributed by atoms with Crippen LogP contribution in [-0.2, 0) is 0 Å². The van der Waals surface area contributed by atoms with Gasteiger partial charge in [-0.1, -0.05) is 0 Å². The minimum Gasteiger partial charge on any atom is -0.390 e. The van der Waals surface area contributed by atoms with Crippen LogP contribution >= 0.6 is 0 Å². The Balaban J connectivity index is 2.14. The number of nitrogens with zero attached hydrogens (tertiary/aromatic N) is 1. The zero-order chi connectivity index (χ0) is 12.4. The van der Waals surface area contributed by atoms with E-state index < -0.39 is 6.10 Å². The molecule has 92 valence electrons. The van der Waals surface area contributed by atoms with Crippen LogP contribution in [0.3, 0.4) is 0 Å². The lowest BCUT2D eigenvalue weighted by Crippen LogP contribution is -2.44. The van der Waals surface area contributed by atoms with Crippen molar-refractivity contribution in [2.45, 2.75) is 12.1 Å². The monoisotopic (exact) mass is 237 g/mol. The molecule has 1 aliphatic rings. The average molecular weight is 237 g/mol. The molecule has 0 aromatic carbocycles. The topological polar surface area (TPSA) is 85.4 Å². The molecule has 1 aromatic rings. The number of likely N-dealkylation sites (N-methyl/N-ethyl adjacent to an activating group) is 1. The minimum atomic E-state index is -0.549. The first-order valence-electron chi connectivity index (χ1n) is 5.44. The van der Waals surface area contributed by atoms with Crippen molar-refractivity contribution in [3.8, 4) is 0 Å². The van der Waals surface area contributed by atoms with Crippen molar-refractivity contribution in [1.29, 1.82) is 0 Å². The SMILES string of the molecule is CN(C(=O)c1ccc(=O)[nH]c1)[C@H]1CNC[C@@H]1O. The van der Waals surface area contributed by atoms with Gasteiger partial charge in [-0.2, -0.15) is 0 Å². The number of nitrogens with one attached hydrogen (secondary N) is 2. The van der Waals surface area contributed by atoms with E-state index in [0.29, 0.717) is 18.7 Å². The molecule has 1 fully saturated rings. The van der Waals surface area contributed by atoms with E-state index in [-0.39, 0.29) is 17.5 Å². The Bertz CT molecular complexity index is 451. The number of pyridine rings is 1. The van der Waals surface area contributed by atoms with Crippen molar-refractivity contribution in [3.63, 3.8) is 0 Å². The smallest absolute Gasteiger partial charge is 0.255 e. The molecule has 2 rings (SSSR count). The second kappa shape index (κ2) is 4.68. The number of rotatable bonds is 2. The quantitative estimate of drug-likeness (QED) is 0.602. The van der Waals surface area contributed by atoms with Gasteiger partial charge in [-0.15, -0.1) is 0 Å². The number of aromatic nitrogens is 1. The Labute approximate surface area is 98.3 Å². The van der Waals surface area contributed by atoms with Gasteiger partial charge >= 0.3 is 0 Å². The number of carbonyl (C=O) groups excluding carboxylic acids is 1. The van der Waals surface area contributed by atoms with Crippen LogP contribution in [0.1, 0.15) is 10.4 Å². The van der Waals surface area contributed by atoms with Crippen molar-refractivity contribution in [2.24, 2.45) is 0 Å². The maximum absolute atomic E-state index is 12.1. The largest absolute Gasteiger partial charge is 0.390 e. The fourth-order valence-electron chi connectivity index (χ4n) is 1.94. The van der Waals surface area contributed by atoms with Crippen LogP contribution in [0.15, 0.2) is 23.1 Å². The average Bonchev–Trinajstić information content (AvgIpc) is 2.74. The van der Waals surface area contributed by atoms with Crippen molar-refractivity contribution in [3.05, 3.63) is 34.2 Å². The molecule has 1 saturated heterocycles. The van der Waals surface area contributed by atoms with Gasteiger partial charge in [0.2, 0.25) is 5.56 Å². The number of β-amino-alcohol motifs (C(OH)–C–C–N with tert-alkyl or cyclic N) is 1. The van der Waals surface area contributed by atoms with Crippen molar-refractivity contribution >= 4 is 5.91 Å². The summed E-state index contributed by atoms with van der Waals surface area (Å²) in [7, 11) is 1.65. The van der Waals surface area contributed by atoms with Crippen molar-refractivity contribution < 1.29 is 9.90 Å². The van der Waals surface area contributed by atoms with Gasteiger partial charge in [0.05, 0.1) is 17.7 Å². The van der Waals surface area contributed by atoms with Gasteiger partial charge in [-0.05, 0) is 6.07 Å². The summed E-state index contributed by atoms with van der Waals surface area (Å²) in [5.41, 5.74) is 0.165. The Kier molecular flexibility index (Phi) is 3.26. The Morgan fingerprint density at radius 1 is 1.47 bits per heavy atom. The lowest BCUT2D eigenvalue weighted by atomic mass is 10.1. The number of hydrogen-bond acceptors (Lipinski definition) is 4. The highest BCUT2D eigenvalue weighted by molar-refractivity contribution is 5.94. The first-order chi connectivity index (χ1) is 8.09. The van der Waals surface area contributed by atoms with Crippen LogP contribution in [0, 0.1) is 0 Å². The fourth-order valence-corrected chi connectivity index (χ4v) is 1.94. The molecular formula is C11H15N3O3. The van der Waals surface area contributed by atoms with Crippen LogP contribution in [0.25, 0.3) is 0 Å². The number of aromatic amines is 1. The second-order valence-corrected chi connectivity index (χ2v) is 4.15. The maximum Gasteiger partial charge on any atom is 0.255 e. The van der Waals surface area contributed by atoms with Crippen LogP contribution in [0.5, 0.6) is 0 Å². The molecule has 1 aliphatic heterocycles.